The number of likely N-dealkylation sites (N-methyl/N-ethyl adjacent to an activating group) is 1. The molecule has 0 bridgehead atoms. The number of aliphatic hydroxyl groups is 1. The molecule has 4 rings (SSSR count). The van der Waals surface area contributed by atoms with Crippen molar-refractivity contribution in [3.63, 3.8) is 0 Å². The van der Waals surface area contributed by atoms with E-state index in [4.69, 9.17) is 5.11 Å². The van der Waals surface area contributed by atoms with Crippen LogP contribution in [-0.2, 0) is 16.6 Å². The molecule has 0 fully saturated rings. The van der Waals surface area contributed by atoms with Gasteiger partial charge in [-0.3, -0.25) is 14.6 Å². The van der Waals surface area contributed by atoms with Gasteiger partial charge in [0.1, 0.15) is 4.90 Å². The fourth-order valence-electron chi connectivity index (χ4n) is 3.79. The van der Waals surface area contributed by atoms with Gasteiger partial charge in [-0.1, -0.05) is 61.5 Å². The lowest BCUT2D eigenvalue weighted by Gasteiger charge is -2.19. The van der Waals surface area contributed by atoms with Crippen molar-refractivity contribution in [2.75, 3.05) is 24.4 Å². The van der Waals surface area contributed by atoms with E-state index in [1.165, 1.54) is 5.56 Å². The number of fused-ring (bicyclic) bond motifs is 1. The van der Waals surface area contributed by atoms with E-state index in [0.717, 1.165) is 29.6 Å². The highest BCUT2D eigenvalue weighted by Crippen LogP contribution is 2.26. The number of hydrogen-bond donors (Lipinski definition) is 2. The van der Waals surface area contributed by atoms with Crippen molar-refractivity contribution in [3.05, 3.63) is 90.6 Å². The highest BCUT2D eigenvalue weighted by Gasteiger charge is 2.18. The highest BCUT2D eigenvalue weighted by molar-refractivity contribution is 7.93. The minimum absolute atomic E-state index is 0.152. The number of aliphatic hydroxyl groups excluding tert-OH is 1. The largest absolute Gasteiger partial charge is 0.395 e. The number of rotatable bonds is 9. The Kier molecular flexibility index (Phi) is 7.03. The van der Waals surface area contributed by atoms with Gasteiger partial charge < -0.3 is 5.11 Å². The average Bonchev–Trinajstić information content (AvgIpc) is 2.84. The number of sulfonamides is 1. The summed E-state index contributed by atoms with van der Waals surface area (Å²) in [7, 11) is -3.78. The van der Waals surface area contributed by atoms with E-state index in [0.29, 0.717) is 17.7 Å². The number of pyridine rings is 1. The standard InChI is InChI=1S/C26H27N3O3S/c1-2-29(17-18-30)19-20-8-10-21(11-9-20)22-12-14-24(15-13-22)28-33(31,32)25-7-3-5-23-6-4-16-27-26(23)25/h3-16,28,30H,2,17-19H2,1H3. The van der Waals surface area contributed by atoms with Crippen LogP contribution in [0.25, 0.3) is 22.0 Å². The Morgan fingerprint density at radius 1 is 0.909 bits per heavy atom. The second-order valence-corrected chi connectivity index (χ2v) is 9.45. The first kappa shape index (κ1) is 22.9. The lowest BCUT2D eigenvalue weighted by molar-refractivity contribution is 0.197. The molecule has 0 aliphatic rings. The minimum Gasteiger partial charge on any atom is -0.395 e. The van der Waals surface area contributed by atoms with Gasteiger partial charge in [-0.15, -0.1) is 0 Å². The molecule has 0 saturated carbocycles. The van der Waals surface area contributed by atoms with Gasteiger partial charge in [-0.2, -0.15) is 0 Å². The molecule has 3 aromatic carbocycles. The van der Waals surface area contributed by atoms with Crippen LogP contribution in [0.15, 0.2) is 90.0 Å². The van der Waals surface area contributed by atoms with E-state index in [1.807, 2.05) is 24.3 Å². The molecule has 0 aliphatic carbocycles. The molecule has 0 atom stereocenters. The maximum absolute atomic E-state index is 13.0. The minimum atomic E-state index is -3.78. The molecule has 2 N–H and O–H groups in total. The summed E-state index contributed by atoms with van der Waals surface area (Å²) >= 11 is 0. The second kappa shape index (κ2) is 10.1. The molecule has 1 heterocycles. The van der Waals surface area contributed by atoms with Crippen LogP contribution in [0.5, 0.6) is 0 Å². The maximum atomic E-state index is 13.0. The molecular formula is C26H27N3O3S. The smallest absolute Gasteiger partial charge is 0.264 e. The molecule has 170 valence electrons. The number of para-hydroxylation sites is 1. The molecule has 4 aromatic rings. The molecule has 0 saturated heterocycles. The topological polar surface area (TPSA) is 82.5 Å². The summed E-state index contributed by atoms with van der Waals surface area (Å²) in [6, 6.07) is 24.4. The molecule has 0 radical (unpaired) electrons. The average molecular weight is 462 g/mol. The summed E-state index contributed by atoms with van der Waals surface area (Å²) in [4.78, 5) is 6.59. The lowest BCUT2D eigenvalue weighted by atomic mass is 10.0. The van der Waals surface area contributed by atoms with Gasteiger partial charge in [-0.05, 0) is 47.5 Å². The Bertz CT molecular complexity index is 1320. The van der Waals surface area contributed by atoms with Crippen molar-refractivity contribution in [3.8, 4) is 11.1 Å². The van der Waals surface area contributed by atoms with Crippen molar-refractivity contribution in [1.82, 2.24) is 9.88 Å². The van der Waals surface area contributed by atoms with E-state index >= 15 is 0 Å². The van der Waals surface area contributed by atoms with Gasteiger partial charge in [-0.25, -0.2) is 8.42 Å². The van der Waals surface area contributed by atoms with E-state index in [1.54, 1.807) is 36.5 Å². The molecule has 0 amide bonds. The van der Waals surface area contributed by atoms with Gasteiger partial charge in [0.05, 0.1) is 12.1 Å². The van der Waals surface area contributed by atoms with Crippen molar-refractivity contribution < 1.29 is 13.5 Å². The molecule has 0 aliphatic heterocycles. The summed E-state index contributed by atoms with van der Waals surface area (Å²) in [6.07, 6.45) is 1.59. The molecule has 6 nitrogen and oxygen atoms in total. The van der Waals surface area contributed by atoms with Crippen LogP contribution in [0.1, 0.15) is 12.5 Å². The lowest BCUT2D eigenvalue weighted by Crippen LogP contribution is -2.25. The number of nitrogens with zero attached hydrogens (tertiary/aromatic N) is 2. The molecular weight excluding hydrogens is 434 g/mol. The van der Waals surface area contributed by atoms with Gasteiger partial charge in [0.2, 0.25) is 0 Å². The molecule has 0 unspecified atom stereocenters. The first-order valence-corrected chi connectivity index (χ1v) is 12.4. The SMILES string of the molecule is CCN(CCO)Cc1ccc(-c2ccc(NS(=O)(=O)c3cccc4cccnc34)cc2)cc1. The van der Waals surface area contributed by atoms with Crippen molar-refractivity contribution in [2.45, 2.75) is 18.4 Å². The molecule has 0 spiro atoms. The van der Waals surface area contributed by atoms with Crippen molar-refractivity contribution in [1.29, 1.82) is 0 Å². The van der Waals surface area contributed by atoms with Gasteiger partial charge in [0, 0.05) is 30.4 Å². The second-order valence-electron chi connectivity index (χ2n) is 7.80. The third kappa shape index (κ3) is 5.39. The van der Waals surface area contributed by atoms with E-state index in [-0.39, 0.29) is 11.5 Å². The number of aromatic nitrogens is 1. The first-order valence-electron chi connectivity index (χ1n) is 10.9. The number of benzene rings is 3. The molecule has 33 heavy (non-hydrogen) atoms. The Morgan fingerprint density at radius 2 is 1.58 bits per heavy atom. The van der Waals surface area contributed by atoms with Crippen molar-refractivity contribution in [2.24, 2.45) is 0 Å². The van der Waals surface area contributed by atoms with Crippen LogP contribution in [0.2, 0.25) is 0 Å². The Morgan fingerprint density at radius 3 is 2.24 bits per heavy atom. The van der Waals surface area contributed by atoms with Crippen LogP contribution in [-0.4, -0.2) is 43.1 Å². The van der Waals surface area contributed by atoms with E-state index < -0.39 is 10.0 Å². The van der Waals surface area contributed by atoms with Crippen LogP contribution in [0.3, 0.4) is 0 Å². The van der Waals surface area contributed by atoms with Gasteiger partial charge in [0.15, 0.2) is 0 Å². The highest BCUT2D eigenvalue weighted by atomic mass is 32.2. The third-order valence-corrected chi connectivity index (χ3v) is 6.99. The first-order chi connectivity index (χ1) is 16.0. The summed E-state index contributed by atoms with van der Waals surface area (Å²) in [5.74, 6) is 0. The van der Waals surface area contributed by atoms with Gasteiger partial charge >= 0.3 is 0 Å². The third-order valence-electron chi connectivity index (χ3n) is 5.58. The Balaban J connectivity index is 1.49. The molecule has 7 heteroatoms. The van der Waals surface area contributed by atoms with E-state index in [9.17, 15) is 8.42 Å². The zero-order valence-electron chi connectivity index (χ0n) is 18.5. The predicted octanol–water partition coefficient (Wildman–Crippen LogP) is 4.52. The maximum Gasteiger partial charge on any atom is 0.264 e. The Hall–Kier alpha value is -3.26. The number of anilines is 1. The van der Waals surface area contributed by atoms with E-state index in [2.05, 4.69) is 45.8 Å². The van der Waals surface area contributed by atoms with Crippen LogP contribution >= 0.6 is 0 Å². The van der Waals surface area contributed by atoms with Crippen LogP contribution in [0.4, 0.5) is 5.69 Å². The normalized spacial score (nSPS) is 11.7. The van der Waals surface area contributed by atoms with Crippen LogP contribution < -0.4 is 4.72 Å². The number of hydrogen-bond acceptors (Lipinski definition) is 5. The predicted molar refractivity (Wildman–Crippen MR) is 132 cm³/mol. The van der Waals surface area contributed by atoms with Gasteiger partial charge in [0.25, 0.3) is 10.0 Å². The monoisotopic (exact) mass is 461 g/mol. The molecule has 1 aromatic heterocycles. The summed E-state index contributed by atoms with van der Waals surface area (Å²) in [5.41, 5.74) is 4.17. The van der Waals surface area contributed by atoms with Crippen LogP contribution in [0, 0.1) is 0 Å². The number of nitrogens with one attached hydrogen (secondary N) is 1. The quantitative estimate of drug-likeness (QED) is 0.383. The fraction of sp³-hybridized carbons (Fsp3) is 0.192. The summed E-state index contributed by atoms with van der Waals surface area (Å²) < 4.78 is 28.7. The zero-order chi connectivity index (χ0) is 23.3. The summed E-state index contributed by atoms with van der Waals surface area (Å²) in [5, 5.41) is 9.93. The van der Waals surface area contributed by atoms with Crippen molar-refractivity contribution >= 4 is 26.6 Å². The zero-order valence-corrected chi connectivity index (χ0v) is 19.3. The Labute approximate surface area is 194 Å². The fourth-order valence-corrected chi connectivity index (χ4v) is 5.02. The summed E-state index contributed by atoms with van der Waals surface area (Å²) in [6.45, 7) is 4.57.